The number of hydrogen-bond donors (Lipinski definition) is 3. The predicted molar refractivity (Wildman–Crippen MR) is 118 cm³/mol. The van der Waals surface area contributed by atoms with Gasteiger partial charge in [-0.1, -0.05) is 12.1 Å². The van der Waals surface area contributed by atoms with E-state index in [4.69, 9.17) is 9.32 Å². The molecule has 0 spiro atoms. The monoisotopic (exact) mass is 476 g/mol. The van der Waals surface area contributed by atoms with Crippen LogP contribution in [-0.4, -0.2) is 45.9 Å². The first-order valence-electron chi connectivity index (χ1n) is 10.5. The van der Waals surface area contributed by atoms with E-state index in [-0.39, 0.29) is 24.4 Å². The molecule has 33 heavy (non-hydrogen) atoms. The molecule has 3 aromatic rings. The second kappa shape index (κ2) is 9.91. The molecule has 0 bridgehead atoms. The zero-order chi connectivity index (χ0) is 23.4. The Morgan fingerprint density at radius 2 is 2.06 bits per heavy atom. The van der Waals surface area contributed by atoms with Gasteiger partial charge in [0.25, 0.3) is 0 Å². The number of nitrogens with one attached hydrogen (secondary N) is 1. The van der Waals surface area contributed by atoms with Crippen molar-refractivity contribution in [2.75, 3.05) is 11.9 Å². The smallest absolute Gasteiger partial charge is 0.333 e. The van der Waals surface area contributed by atoms with Gasteiger partial charge < -0.3 is 10.4 Å². The van der Waals surface area contributed by atoms with E-state index in [1.807, 2.05) is 0 Å². The Labute approximate surface area is 190 Å². The zero-order valence-electron chi connectivity index (χ0n) is 17.7. The molecule has 3 atom stereocenters. The van der Waals surface area contributed by atoms with Gasteiger partial charge in [0.05, 0.1) is 18.8 Å². The van der Waals surface area contributed by atoms with Crippen LogP contribution < -0.4 is 10.5 Å². The van der Waals surface area contributed by atoms with Crippen molar-refractivity contribution >= 4 is 16.1 Å². The minimum absolute atomic E-state index is 0.0379. The summed E-state index contributed by atoms with van der Waals surface area (Å²) in [5.41, 5.74) is 1.79. The highest BCUT2D eigenvalue weighted by Crippen LogP contribution is 2.31. The van der Waals surface area contributed by atoms with Crippen molar-refractivity contribution in [2.24, 2.45) is 11.1 Å². The van der Waals surface area contributed by atoms with Gasteiger partial charge in [0.2, 0.25) is 0 Å². The van der Waals surface area contributed by atoms with Gasteiger partial charge in [0.1, 0.15) is 24.1 Å². The number of aliphatic hydroxyl groups is 1. The van der Waals surface area contributed by atoms with Crippen molar-refractivity contribution < 1.29 is 22.1 Å². The number of aliphatic hydroxyl groups excluding tert-OH is 1. The highest BCUT2D eigenvalue weighted by molar-refractivity contribution is 7.84. The Kier molecular flexibility index (Phi) is 6.98. The number of benzene rings is 1. The third-order valence-corrected chi connectivity index (χ3v) is 6.05. The van der Waals surface area contributed by atoms with Crippen LogP contribution >= 0.6 is 0 Å². The van der Waals surface area contributed by atoms with Crippen LogP contribution in [0.5, 0.6) is 0 Å². The minimum Gasteiger partial charge on any atom is -0.382 e. The van der Waals surface area contributed by atoms with Gasteiger partial charge in [0.15, 0.2) is 0 Å². The SMILES string of the molecule is NS(=O)(=O)OCC1CCC(Nc2ncncc2C(O)c2ccn(Cc3ccc(F)cc3)n2)C1. The number of nitrogens with zero attached hydrogens (tertiary/aromatic N) is 4. The fourth-order valence-electron chi connectivity index (χ4n) is 3.95. The van der Waals surface area contributed by atoms with E-state index in [0.717, 1.165) is 18.4 Å². The molecule has 0 amide bonds. The van der Waals surface area contributed by atoms with Crippen LogP contribution in [0, 0.1) is 11.7 Å². The predicted octanol–water partition coefficient (Wildman–Crippen LogP) is 1.74. The summed E-state index contributed by atoms with van der Waals surface area (Å²) in [7, 11) is -3.96. The molecule has 1 fully saturated rings. The molecule has 4 N–H and O–H groups in total. The number of hydrogen-bond acceptors (Lipinski definition) is 8. The van der Waals surface area contributed by atoms with Gasteiger partial charge in [-0.25, -0.2) is 19.5 Å². The van der Waals surface area contributed by atoms with Crippen LogP contribution in [0.25, 0.3) is 0 Å². The molecular weight excluding hydrogens is 451 g/mol. The van der Waals surface area contributed by atoms with Crippen LogP contribution in [0.1, 0.15) is 42.2 Å². The first kappa shape index (κ1) is 23.2. The molecule has 2 aromatic heterocycles. The zero-order valence-corrected chi connectivity index (χ0v) is 18.5. The number of nitrogens with two attached hydrogens (primary N) is 1. The highest BCUT2D eigenvalue weighted by atomic mass is 32.2. The van der Waals surface area contributed by atoms with Gasteiger partial charge in [-0.15, -0.1) is 0 Å². The average molecular weight is 477 g/mol. The number of halogens is 1. The molecule has 4 rings (SSSR count). The molecule has 1 aliphatic rings. The van der Waals surface area contributed by atoms with E-state index in [2.05, 4.69) is 20.4 Å². The summed E-state index contributed by atoms with van der Waals surface area (Å²) in [6.07, 6.45) is 5.88. The van der Waals surface area contributed by atoms with Crippen molar-refractivity contribution in [1.29, 1.82) is 0 Å². The van der Waals surface area contributed by atoms with Gasteiger partial charge in [0, 0.05) is 24.0 Å². The second-order valence-electron chi connectivity index (χ2n) is 8.09. The summed E-state index contributed by atoms with van der Waals surface area (Å²) in [6.45, 7) is 0.481. The summed E-state index contributed by atoms with van der Waals surface area (Å²) in [5.74, 6) is 0.242. The lowest BCUT2D eigenvalue weighted by Crippen LogP contribution is -2.22. The number of anilines is 1. The van der Waals surface area contributed by atoms with Crippen molar-refractivity contribution in [2.45, 2.75) is 38.0 Å². The topological polar surface area (TPSA) is 145 Å². The normalized spacial score (nSPS) is 19.5. The van der Waals surface area contributed by atoms with E-state index >= 15 is 0 Å². The Balaban J connectivity index is 1.41. The largest absolute Gasteiger partial charge is 0.382 e. The molecular formula is C21H25FN6O4S. The van der Waals surface area contributed by atoms with Crippen LogP contribution in [-0.2, 0) is 21.0 Å². The molecule has 3 unspecified atom stereocenters. The Bertz CT molecular complexity index is 1190. The van der Waals surface area contributed by atoms with Crippen LogP contribution in [0.3, 0.4) is 0 Å². The molecule has 1 saturated carbocycles. The first-order chi connectivity index (χ1) is 15.8. The van der Waals surface area contributed by atoms with Gasteiger partial charge >= 0.3 is 10.3 Å². The summed E-state index contributed by atoms with van der Waals surface area (Å²) >= 11 is 0. The van der Waals surface area contributed by atoms with Crippen molar-refractivity contribution in [3.8, 4) is 0 Å². The summed E-state index contributed by atoms with van der Waals surface area (Å²) in [6, 6.07) is 7.90. The van der Waals surface area contributed by atoms with Gasteiger partial charge in [-0.05, 0) is 48.9 Å². The van der Waals surface area contributed by atoms with Crippen molar-refractivity contribution in [3.05, 3.63) is 71.7 Å². The molecule has 10 nitrogen and oxygen atoms in total. The minimum atomic E-state index is -3.96. The van der Waals surface area contributed by atoms with E-state index < -0.39 is 16.4 Å². The first-order valence-corrected chi connectivity index (χ1v) is 11.9. The van der Waals surface area contributed by atoms with Gasteiger partial charge in [-0.2, -0.15) is 13.5 Å². The molecule has 0 aliphatic heterocycles. The molecule has 0 radical (unpaired) electrons. The Morgan fingerprint density at radius 1 is 1.27 bits per heavy atom. The third kappa shape index (κ3) is 6.32. The molecule has 1 aromatic carbocycles. The van der Waals surface area contributed by atoms with Crippen LogP contribution in [0.2, 0.25) is 0 Å². The fraction of sp³-hybridized carbons (Fsp3) is 0.381. The van der Waals surface area contributed by atoms with E-state index in [9.17, 15) is 17.9 Å². The number of aromatic nitrogens is 4. The highest BCUT2D eigenvalue weighted by Gasteiger charge is 2.28. The lowest BCUT2D eigenvalue weighted by Gasteiger charge is -2.18. The van der Waals surface area contributed by atoms with Crippen LogP contribution in [0.4, 0.5) is 10.2 Å². The lowest BCUT2D eigenvalue weighted by molar-refractivity contribution is 0.214. The quantitative estimate of drug-likeness (QED) is 0.423. The average Bonchev–Trinajstić information content (AvgIpc) is 3.43. The molecule has 0 saturated heterocycles. The summed E-state index contributed by atoms with van der Waals surface area (Å²) < 4.78 is 41.5. The molecule has 176 valence electrons. The third-order valence-electron chi connectivity index (χ3n) is 5.58. The molecule has 2 heterocycles. The molecule has 12 heteroatoms. The van der Waals surface area contributed by atoms with Crippen molar-refractivity contribution in [3.63, 3.8) is 0 Å². The second-order valence-corrected chi connectivity index (χ2v) is 9.31. The lowest BCUT2D eigenvalue weighted by atomic mass is 10.1. The summed E-state index contributed by atoms with van der Waals surface area (Å²) in [4.78, 5) is 8.32. The van der Waals surface area contributed by atoms with E-state index in [0.29, 0.717) is 30.0 Å². The molecule has 1 aliphatic carbocycles. The maximum atomic E-state index is 13.1. The van der Waals surface area contributed by atoms with Crippen molar-refractivity contribution in [1.82, 2.24) is 19.7 Å². The van der Waals surface area contributed by atoms with Crippen LogP contribution in [0.15, 0.2) is 49.1 Å². The van der Waals surface area contributed by atoms with Gasteiger partial charge in [-0.3, -0.25) is 8.86 Å². The standard InChI is InChI=1S/C21H25FN6O4S/c22-16-4-1-14(2-5-16)11-28-8-7-19(27-28)20(29)18-10-24-13-25-21(18)26-17-6-3-15(9-17)12-32-33(23,30)31/h1-2,4-5,7-8,10,13,15,17,20,29H,3,6,9,11-12H2,(H2,23,30,31)(H,24,25,26). The summed E-state index contributed by atoms with van der Waals surface area (Å²) in [5, 5.41) is 23.6. The number of rotatable bonds is 9. The Hall–Kier alpha value is -2.93. The van der Waals surface area contributed by atoms with E-state index in [1.165, 1.54) is 24.7 Å². The Morgan fingerprint density at radius 3 is 2.82 bits per heavy atom. The maximum absolute atomic E-state index is 13.1. The fourth-order valence-corrected chi connectivity index (χ4v) is 4.33. The van der Waals surface area contributed by atoms with E-state index in [1.54, 1.807) is 29.1 Å². The maximum Gasteiger partial charge on any atom is 0.333 e.